The Morgan fingerprint density at radius 2 is 1.92 bits per heavy atom. The smallest absolute Gasteiger partial charge is 0.221 e. The summed E-state index contributed by atoms with van der Waals surface area (Å²) in [4.78, 5) is 12.2. The third kappa shape index (κ3) is 2.40. The number of amides is 1. The van der Waals surface area contributed by atoms with Crippen molar-refractivity contribution in [2.45, 2.75) is 64.2 Å². The summed E-state index contributed by atoms with van der Waals surface area (Å²) >= 11 is 0. The van der Waals surface area contributed by atoms with Crippen LogP contribution >= 0.6 is 0 Å². The van der Waals surface area contributed by atoms with Crippen molar-refractivity contribution in [3.05, 3.63) is 46.1 Å². The van der Waals surface area contributed by atoms with Crippen LogP contribution in [0.2, 0.25) is 0 Å². The molecule has 5 rings (SSSR count). The Morgan fingerprint density at radius 3 is 2.80 bits per heavy atom. The molecule has 0 aromatic heterocycles. The fraction of sp³-hybridized carbons (Fsp3) is 0.609. The molecule has 2 heteroatoms. The van der Waals surface area contributed by atoms with Gasteiger partial charge in [-0.25, -0.2) is 0 Å². The highest BCUT2D eigenvalue weighted by atomic mass is 16.1. The molecular formula is C23H29NO. The molecule has 4 unspecified atom stereocenters. The van der Waals surface area contributed by atoms with E-state index in [2.05, 4.69) is 18.2 Å². The number of primary amides is 1. The summed E-state index contributed by atoms with van der Waals surface area (Å²) in [6, 6.07) is 0. The Bertz CT molecular complexity index is 735. The molecule has 5 aliphatic rings. The topological polar surface area (TPSA) is 43.1 Å². The Labute approximate surface area is 150 Å². The lowest BCUT2D eigenvalue weighted by Crippen LogP contribution is -2.39. The van der Waals surface area contributed by atoms with E-state index < -0.39 is 0 Å². The van der Waals surface area contributed by atoms with Crippen LogP contribution in [0.3, 0.4) is 0 Å². The van der Waals surface area contributed by atoms with Gasteiger partial charge < -0.3 is 5.73 Å². The van der Waals surface area contributed by atoms with Gasteiger partial charge in [-0.1, -0.05) is 35.8 Å². The monoisotopic (exact) mass is 335 g/mol. The first kappa shape index (κ1) is 15.7. The highest BCUT2D eigenvalue weighted by molar-refractivity contribution is 5.78. The first-order chi connectivity index (χ1) is 12.2. The SMILES string of the molecule is NC(=O)C1CC2C(=C3CCCCC31)C=CC1=C2CCC2CCCC=C12. The summed E-state index contributed by atoms with van der Waals surface area (Å²) < 4.78 is 0. The van der Waals surface area contributed by atoms with Crippen LogP contribution in [-0.4, -0.2) is 5.91 Å². The molecule has 1 amide bonds. The zero-order valence-corrected chi connectivity index (χ0v) is 15.1. The van der Waals surface area contributed by atoms with Crippen LogP contribution in [0.4, 0.5) is 0 Å². The van der Waals surface area contributed by atoms with E-state index in [1.807, 2.05) is 0 Å². The quantitative estimate of drug-likeness (QED) is 0.721. The van der Waals surface area contributed by atoms with Crippen molar-refractivity contribution in [2.75, 3.05) is 0 Å². The molecule has 0 aromatic rings. The molecule has 0 bridgehead atoms. The molecule has 4 atom stereocenters. The largest absolute Gasteiger partial charge is 0.369 e. The van der Waals surface area contributed by atoms with E-state index in [-0.39, 0.29) is 11.8 Å². The normalized spacial score (nSPS) is 36.9. The van der Waals surface area contributed by atoms with Crippen molar-refractivity contribution < 1.29 is 4.79 Å². The molecule has 0 saturated heterocycles. The Kier molecular flexibility index (Phi) is 3.76. The Hall–Kier alpha value is -1.57. The van der Waals surface area contributed by atoms with Gasteiger partial charge in [0.1, 0.15) is 0 Å². The van der Waals surface area contributed by atoms with Crippen LogP contribution < -0.4 is 5.73 Å². The van der Waals surface area contributed by atoms with Crippen molar-refractivity contribution >= 4 is 5.91 Å². The van der Waals surface area contributed by atoms with Gasteiger partial charge in [-0.3, -0.25) is 4.79 Å². The molecule has 0 aliphatic heterocycles. The van der Waals surface area contributed by atoms with E-state index >= 15 is 0 Å². The van der Waals surface area contributed by atoms with Gasteiger partial charge in [0, 0.05) is 11.8 Å². The van der Waals surface area contributed by atoms with E-state index in [1.165, 1.54) is 56.9 Å². The van der Waals surface area contributed by atoms with E-state index in [4.69, 9.17) is 5.73 Å². The van der Waals surface area contributed by atoms with Gasteiger partial charge in [0.05, 0.1) is 0 Å². The van der Waals surface area contributed by atoms with Crippen LogP contribution in [0, 0.1) is 23.7 Å². The molecule has 2 nitrogen and oxygen atoms in total. The maximum atomic E-state index is 12.2. The third-order valence-electron chi connectivity index (χ3n) is 7.58. The second kappa shape index (κ2) is 6.00. The van der Waals surface area contributed by atoms with Crippen molar-refractivity contribution in [1.29, 1.82) is 0 Å². The van der Waals surface area contributed by atoms with Gasteiger partial charge >= 0.3 is 0 Å². The molecule has 132 valence electrons. The van der Waals surface area contributed by atoms with E-state index in [0.717, 1.165) is 18.8 Å². The fourth-order valence-corrected chi connectivity index (χ4v) is 6.44. The summed E-state index contributed by atoms with van der Waals surface area (Å²) in [6.07, 6.45) is 19.7. The van der Waals surface area contributed by atoms with Crippen molar-refractivity contribution in [2.24, 2.45) is 29.4 Å². The third-order valence-corrected chi connectivity index (χ3v) is 7.58. The predicted octanol–water partition coefficient (Wildman–Crippen LogP) is 4.98. The number of hydrogen-bond acceptors (Lipinski definition) is 1. The summed E-state index contributed by atoms with van der Waals surface area (Å²) in [7, 11) is 0. The number of allylic oxidation sites excluding steroid dienone is 8. The lowest BCUT2D eigenvalue weighted by molar-refractivity contribution is -0.124. The highest BCUT2D eigenvalue weighted by Crippen LogP contribution is 2.54. The second-order valence-electron chi connectivity index (χ2n) is 8.73. The molecule has 0 heterocycles. The lowest BCUT2D eigenvalue weighted by atomic mass is 9.59. The summed E-state index contributed by atoms with van der Waals surface area (Å²) in [6.45, 7) is 0. The van der Waals surface area contributed by atoms with Gasteiger partial charge in [0.15, 0.2) is 0 Å². The first-order valence-electron chi connectivity index (χ1n) is 10.4. The number of rotatable bonds is 1. The molecule has 1 saturated carbocycles. The molecule has 25 heavy (non-hydrogen) atoms. The summed E-state index contributed by atoms with van der Waals surface area (Å²) in [5.41, 5.74) is 13.8. The second-order valence-corrected chi connectivity index (χ2v) is 8.73. The fourth-order valence-electron chi connectivity index (χ4n) is 6.44. The Morgan fingerprint density at radius 1 is 1.00 bits per heavy atom. The lowest BCUT2D eigenvalue weighted by Gasteiger charge is -2.45. The molecule has 5 aliphatic carbocycles. The maximum absolute atomic E-state index is 12.2. The number of fused-ring (bicyclic) bond motifs is 5. The molecule has 0 spiro atoms. The van der Waals surface area contributed by atoms with E-state index in [0.29, 0.717) is 11.8 Å². The molecule has 0 aromatic carbocycles. The Balaban J connectivity index is 1.60. The van der Waals surface area contributed by atoms with Gasteiger partial charge in [-0.15, -0.1) is 0 Å². The van der Waals surface area contributed by atoms with Crippen molar-refractivity contribution in [3.63, 3.8) is 0 Å². The minimum absolute atomic E-state index is 0.0577. The van der Waals surface area contributed by atoms with E-state index in [9.17, 15) is 4.79 Å². The van der Waals surface area contributed by atoms with E-state index in [1.54, 1.807) is 22.3 Å². The molecular weight excluding hydrogens is 306 g/mol. The predicted molar refractivity (Wildman–Crippen MR) is 101 cm³/mol. The zero-order valence-electron chi connectivity index (χ0n) is 15.1. The van der Waals surface area contributed by atoms with Crippen molar-refractivity contribution in [1.82, 2.24) is 0 Å². The van der Waals surface area contributed by atoms with Crippen molar-refractivity contribution in [3.8, 4) is 0 Å². The van der Waals surface area contributed by atoms with Crippen LogP contribution in [-0.2, 0) is 4.79 Å². The van der Waals surface area contributed by atoms with Gasteiger partial charge in [-0.2, -0.15) is 0 Å². The standard InChI is InChI=1S/C23H29NO/c24-23(25)22-13-21-19-10-9-14-5-1-2-6-15(14)18(19)11-12-20(21)16-7-3-4-8-17(16)22/h6,11-12,14,17,21-22H,1-5,7-10,13H2,(H2,24,25). The molecule has 0 radical (unpaired) electrons. The van der Waals surface area contributed by atoms with Crippen LogP contribution in [0.5, 0.6) is 0 Å². The number of carbonyl (C=O) groups is 1. The first-order valence-corrected chi connectivity index (χ1v) is 10.4. The summed E-state index contributed by atoms with van der Waals surface area (Å²) in [5, 5.41) is 0. The zero-order chi connectivity index (χ0) is 17.0. The van der Waals surface area contributed by atoms with Crippen LogP contribution in [0.1, 0.15) is 64.2 Å². The average molecular weight is 335 g/mol. The van der Waals surface area contributed by atoms with Gasteiger partial charge in [-0.05, 0) is 86.3 Å². The number of nitrogens with two attached hydrogens (primary N) is 1. The molecule has 1 fully saturated rings. The molecule has 2 N–H and O–H groups in total. The maximum Gasteiger partial charge on any atom is 0.221 e. The average Bonchev–Trinajstić information content (AvgIpc) is 2.66. The van der Waals surface area contributed by atoms with Gasteiger partial charge in [0.25, 0.3) is 0 Å². The summed E-state index contributed by atoms with van der Waals surface area (Å²) in [5.74, 6) is 1.66. The van der Waals surface area contributed by atoms with Crippen LogP contribution in [0.15, 0.2) is 46.1 Å². The highest BCUT2D eigenvalue weighted by Gasteiger charge is 2.43. The number of hydrogen-bond donors (Lipinski definition) is 1. The minimum atomic E-state index is -0.0641. The minimum Gasteiger partial charge on any atom is -0.369 e. The number of carbonyl (C=O) groups excluding carboxylic acids is 1. The van der Waals surface area contributed by atoms with Gasteiger partial charge in [0.2, 0.25) is 5.91 Å². The van der Waals surface area contributed by atoms with Crippen LogP contribution in [0.25, 0.3) is 0 Å².